The van der Waals surface area contributed by atoms with Gasteiger partial charge in [0.1, 0.15) is 33.3 Å². The molecule has 0 unspecified atom stereocenters. The number of fused-ring (bicyclic) bond motifs is 3. The molecule has 6 aromatic heterocycles. The van der Waals surface area contributed by atoms with Gasteiger partial charge in [-0.15, -0.1) is 0 Å². The van der Waals surface area contributed by atoms with E-state index in [1.165, 1.54) is 19.0 Å². The van der Waals surface area contributed by atoms with Crippen LogP contribution in [-0.2, 0) is 0 Å². The molecule has 2 aliphatic rings. The summed E-state index contributed by atoms with van der Waals surface area (Å²) in [5.41, 5.74) is 15.8. The third-order valence-electron chi connectivity index (χ3n) is 11.7. The summed E-state index contributed by atoms with van der Waals surface area (Å²) in [6.07, 6.45) is 9.38. The van der Waals surface area contributed by atoms with Crippen LogP contribution < -0.4 is 15.5 Å². The molecule has 9 aromatic rings. The number of aromatic nitrogens is 12. The lowest BCUT2D eigenvalue weighted by molar-refractivity contribution is 0.279. The number of anilines is 2. The zero-order valence-corrected chi connectivity index (χ0v) is 38.8. The lowest BCUT2D eigenvalue weighted by Crippen LogP contribution is -2.48. The van der Waals surface area contributed by atoms with Crippen molar-refractivity contribution in [1.82, 2.24) is 60.5 Å². The lowest BCUT2D eigenvalue weighted by atomic mass is 9.83. The molecular weight excluding hydrogens is 904 g/mol. The molecule has 2 fully saturated rings. The third kappa shape index (κ3) is 10.1. The minimum atomic E-state index is -0.0832. The number of piperidine rings is 2. The second-order valence-corrected chi connectivity index (χ2v) is 19.0. The topological polar surface area (TPSA) is 196 Å². The van der Waals surface area contributed by atoms with E-state index < -0.39 is 0 Å². The van der Waals surface area contributed by atoms with E-state index in [-0.39, 0.29) is 5.54 Å². The molecule has 0 radical (unpaired) electrons. The van der Waals surface area contributed by atoms with Crippen molar-refractivity contribution in [1.29, 1.82) is 0 Å². The Balaban J connectivity index is 0.000000125. The average molecular weight is 950 g/mol. The molecule has 0 saturated carbocycles. The zero-order valence-electron chi connectivity index (χ0n) is 35.8. The van der Waals surface area contributed by atoms with Crippen LogP contribution in [0.5, 0.6) is 0 Å². The second-order valence-electron chi connectivity index (χ2n) is 17.3. The van der Waals surface area contributed by atoms with Crippen molar-refractivity contribution in [3.8, 4) is 33.8 Å². The Morgan fingerprint density at radius 3 is 1.28 bits per heavy atom. The fraction of sp³-hybridized carbons (Fsp3) is 0.283. The van der Waals surface area contributed by atoms with Gasteiger partial charge in [-0.1, -0.05) is 96.6 Å². The number of nitrogens with one attached hydrogen (secondary N) is 3. The maximum atomic E-state index is 6.20. The van der Waals surface area contributed by atoms with E-state index >= 15 is 0 Å². The van der Waals surface area contributed by atoms with Crippen molar-refractivity contribution in [2.75, 3.05) is 36.0 Å². The van der Waals surface area contributed by atoms with E-state index in [2.05, 4.69) is 86.1 Å². The molecule has 0 spiro atoms. The van der Waals surface area contributed by atoms with Crippen molar-refractivity contribution < 1.29 is 0 Å². The van der Waals surface area contributed by atoms with Gasteiger partial charge in [-0.3, -0.25) is 15.3 Å². The van der Waals surface area contributed by atoms with Crippen molar-refractivity contribution in [2.45, 2.75) is 52.0 Å². The molecule has 3 aromatic carbocycles. The summed E-state index contributed by atoms with van der Waals surface area (Å²) in [6, 6.07) is 22.7. The van der Waals surface area contributed by atoms with E-state index in [1.54, 1.807) is 0 Å². The number of nitrogens with two attached hydrogens (primary N) is 1. The Bertz CT molecular complexity index is 2960. The number of aromatic amines is 3. The van der Waals surface area contributed by atoms with Gasteiger partial charge in [0.25, 0.3) is 0 Å². The van der Waals surface area contributed by atoms with Gasteiger partial charge in [0.05, 0.1) is 35.7 Å². The smallest absolute Gasteiger partial charge is 0.202 e. The summed E-state index contributed by atoms with van der Waals surface area (Å²) in [6.45, 7) is 10.5. The summed E-state index contributed by atoms with van der Waals surface area (Å²) in [5.74, 6) is 1.75. The molecule has 0 atom stereocenters. The summed E-state index contributed by atoms with van der Waals surface area (Å²) >= 11 is 23.9. The van der Waals surface area contributed by atoms with Crippen molar-refractivity contribution in [3.63, 3.8) is 0 Å². The maximum absolute atomic E-state index is 6.20. The summed E-state index contributed by atoms with van der Waals surface area (Å²) in [7, 11) is 0. The number of hydrogen-bond donors (Lipinski definition) is 4. The Hall–Kier alpha value is -5.97. The molecule has 19 heteroatoms. The van der Waals surface area contributed by atoms with Crippen molar-refractivity contribution >= 4 is 91.5 Å². The Labute approximate surface area is 394 Å². The van der Waals surface area contributed by atoms with Crippen LogP contribution in [0.25, 0.3) is 67.3 Å². The number of halogens is 4. The number of rotatable bonds is 5. The predicted octanol–water partition coefficient (Wildman–Crippen LogP) is 10.6. The molecule has 0 aliphatic carbocycles. The highest BCUT2D eigenvalue weighted by molar-refractivity contribution is 6.31. The van der Waals surface area contributed by atoms with Crippen LogP contribution in [-0.4, -0.2) is 92.2 Å². The quantitative estimate of drug-likeness (QED) is 0.128. The minimum absolute atomic E-state index is 0.0832. The van der Waals surface area contributed by atoms with Gasteiger partial charge in [0.15, 0.2) is 0 Å². The molecule has 2 aliphatic heterocycles. The highest BCUT2D eigenvalue weighted by atomic mass is 35.5. The van der Waals surface area contributed by atoms with E-state index in [0.29, 0.717) is 48.1 Å². The molecule has 65 heavy (non-hydrogen) atoms. The molecule has 0 amide bonds. The van der Waals surface area contributed by atoms with Gasteiger partial charge in [-0.2, -0.15) is 15.3 Å². The third-order valence-corrected chi connectivity index (χ3v) is 12.6. The minimum Gasteiger partial charge on any atom is -0.355 e. The predicted molar refractivity (Wildman–Crippen MR) is 261 cm³/mol. The van der Waals surface area contributed by atoms with E-state index in [9.17, 15) is 0 Å². The molecule has 2 saturated heterocycles. The van der Waals surface area contributed by atoms with E-state index in [0.717, 1.165) is 95.5 Å². The fourth-order valence-electron chi connectivity index (χ4n) is 7.78. The van der Waals surface area contributed by atoms with Crippen molar-refractivity contribution in [3.05, 3.63) is 112 Å². The van der Waals surface area contributed by atoms with Crippen LogP contribution in [0, 0.1) is 5.41 Å². The van der Waals surface area contributed by atoms with Crippen LogP contribution in [0.1, 0.15) is 46.5 Å². The Morgan fingerprint density at radius 2 is 0.877 bits per heavy atom. The van der Waals surface area contributed by atoms with Gasteiger partial charge in [0, 0.05) is 63.5 Å². The molecule has 15 nitrogen and oxygen atoms in total. The first kappa shape index (κ1) is 44.2. The Kier molecular flexibility index (Phi) is 12.6. The van der Waals surface area contributed by atoms with Crippen LogP contribution in [0.15, 0.2) is 91.4 Å². The molecule has 332 valence electrons. The number of benzene rings is 3. The average Bonchev–Trinajstić information content (AvgIpc) is 4.04. The highest BCUT2D eigenvalue weighted by Crippen LogP contribution is 2.34. The van der Waals surface area contributed by atoms with Gasteiger partial charge >= 0.3 is 0 Å². The normalized spacial score (nSPS) is 15.7. The van der Waals surface area contributed by atoms with Crippen LogP contribution >= 0.6 is 46.4 Å². The van der Waals surface area contributed by atoms with E-state index in [1.807, 2.05) is 85.2 Å². The first-order valence-electron chi connectivity index (χ1n) is 21.1. The number of hydrogen-bond acceptors (Lipinski definition) is 12. The van der Waals surface area contributed by atoms with Crippen LogP contribution in [0.3, 0.4) is 0 Å². The van der Waals surface area contributed by atoms with Crippen LogP contribution in [0.4, 0.5) is 11.6 Å². The summed E-state index contributed by atoms with van der Waals surface area (Å²) in [5, 5.41) is 24.0. The number of H-pyrrole nitrogens is 3. The van der Waals surface area contributed by atoms with E-state index in [4.69, 9.17) is 57.1 Å². The van der Waals surface area contributed by atoms with Gasteiger partial charge < -0.3 is 15.5 Å². The summed E-state index contributed by atoms with van der Waals surface area (Å²) in [4.78, 5) is 31.4. The molecule has 5 N–H and O–H groups in total. The lowest BCUT2D eigenvalue weighted by Gasteiger charge is -2.37. The fourth-order valence-corrected chi connectivity index (χ4v) is 8.48. The first-order chi connectivity index (χ1) is 31.3. The monoisotopic (exact) mass is 947 g/mol. The molecule has 0 bridgehead atoms. The van der Waals surface area contributed by atoms with Gasteiger partial charge in [-0.25, -0.2) is 29.9 Å². The van der Waals surface area contributed by atoms with Crippen molar-refractivity contribution in [2.24, 2.45) is 11.1 Å². The molecular formula is C46H45Cl4N15. The SMILES string of the molecule is CC1(C)CCN(c2cnc3c(-c4cccc(Cl)c4)[nH]nc3n2)CC1.CC1(N)CCN(c2cnc3c(-c4cccc(Cl)c4)[nH]nc3n2)CC1.Clc1cccc(-c2[nH]nc3nc(Cl)cnc23)c1. The molecule has 8 heterocycles. The summed E-state index contributed by atoms with van der Waals surface area (Å²) < 4.78 is 0. The van der Waals surface area contributed by atoms with Crippen LogP contribution in [0.2, 0.25) is 20.2 Å². The van der Waals surface area contributed by atoms with Gasteiger partial charge in [0.2, 0.25) is 16.9 Å². The first-order valence-corrected chi connectivity index (χ1v) is 22.6. The van der Waals surface area contributed by atoms with Gasteiger partial charge in [-0.05, 0) is 74.4 Å². The highest BCUT2D eigenvalue weighted by Gasteiger charge is 2.28. The standard InChI is InChI=1S/C18H20ClN5.C17H19ClN6.C11H6Cl2N4/c1-18(2)6-8-24(9-7-18)14-11-20-16-15(22-23-17(16)21-14)12-4-3-5-13(19)10-12;1-17(19)5-7-24(8-6-17)13-10-20-15-14(22-23-16(15)21-13)11-3-2-4-12(18)9-11;12-7-3-1-2-6(4-7)9-10-11(17-16-9)15-8(13)5-14-10/h3-5,10-11H,6-9H2,1-2H3,(H,21,22,23);2-4,9-10H,5-8,19H2,1H3,(H,21,22,23);1-5H,(H,15,16,17). The maximum Gasteiger partial charge on any atom is 0.202 e. The zero-order chi connectivity index (χ0) is 45.3. The Morgan fingerprint density at radius 1 is 0.508 bits per heavy atom. The largest absolute Gasteiger partial charge is 0.355 e. The molecule has 11 rings (SSSR count). The second kappa shape index (κ2) is 18.5. The number of nitrogens with zero attached hydrogens (tertiary/aromatic N) is 11.